The molecule has 2 amide bonds. The number of carbonyl (C=O) groups is 2. The van der Waals surface area contributed by atoms with E-state index in [-0.39, 0.29) is 24.0 Å². The number of likely N-dealkylation sites (tertiary alicyclic amines) is 1. The molecular formula is C21H27N3O4S. The summed E-state index contributed by atoms with van der Waals surface area (Å²) in [6, 6.07) is 7.92. The zero-order valence-corrected chi connectivity index (χ0v) is 17.5. The maximum Gasteiger partial charge on any atom is 0.409 e. The average Bonchev–Trinajstić information content (AvgIpc) is 3.41. The number of nitrogens with zero attached hydrogens (tertiary/aromatic N) is 3. The van der Waals surface area contributed by atoms with Crippen LogP contribution in [0.3, 0.4) is 0 Å². The SMILES string of the molecule is CCOC(=O)N1CCC[C@@H](C(=O)N(C[C@@H]2CCCO2)c2nc3ccccc3s2)C1. The van der Waals surface area contributed by atoms with Crippen LogP contribution in [0, 0.1) is 5.92 Å². The zero-order valence-electron chi connectivity index (χ0n) is 16.7. The molecule has 0 unspecified atom stereocenters. The van der Waals surface area contributed by atoms with Crippen LogP contribution in [0.15, 0.2) is 24.3 Å². The van der Waals surface area contributed by atoms with E-state index >= 15 is 0 Å². The van der Waals surface area contributed by atoms with Gasteiger partial charge >= 0.3 is 6.09 Å². The summed E-state index contributed by atoms with van der Waals surface area (Å²) < 4.78 is 12.0. The van der Waals surface area contributed by atoms with Crippen LogP contribution in [0.4, 0.5) is 9.93 Å². The summed E-state index contributed by atoms with van der Waals surface area (Å²) in [5, 5.41) is 0.708. The second-order valence-corrected chi connectivity index (χ2v) is 8.54. The first-order valence-electron chi connectivity index (χ1n) is 10.4. The summed E-state index contributed by atoms with van der Waals surface area (Å²) in [5.41, 5.74) is 0.898. The molecule has 2 aromatic rings. The fourth-order valence-electron chi connectivity index (χ4n) is 4.01. The summed E-state index contributed by atoms with van der Waals surface area (Å²) in [5.74, 6) is -0.227. The molecule has 0 bridgehead atoms. The van der Waals surface area contributed by atoms with E-state index < -0.39 is 0 Å². The monoisotopic (exact) mass is 417 g/mol. The van der Waals surface area contributed by atoms with Crippen LogP contribution in [0.5, 0.6) is 0 Å². The van der Waals surface area contributed by atoms with Crippen LogP contribution in [0.1, 0.15) is 32.6 Å². The van der Waals surface area contributed by atoms with Gasteiger partial charge in [-0.1, -0.05) is 23.5 Å². The number of benzene rings is 1. The number of aromatic nitrogens is 1. The first-order valence-corrected chi connectivity index (χ1v) is 11.2. The van der Waals surface area contributed by atoms with Crippen LogP contribution in [-0.2, 0) is 14.3 Å². The van der Waals surface area contributed by atoms with Crippen molar-refractivity contribution in [2.75, 3.05) is 37.7 Å². The van der Waals surface area contributed by atoms with Crippen molar-refractivity contribution in [2.45, 2.75) is 38.7 Å². The van der Waals surface area contributed by atoms with Crippen molar-refractivity contribution < 1.29 is 19.1 Å². The Bertz CT molecular complexity index is 831. The first-order chi connectivity index (χ1) is 14.2. The van der Waals surface area contributed by atoms with Crippen molar-refractivity contribution in [1.82, 2.24) is 9.88 Å². The second-order valence-electron chi connectivity index (χ2n) is 7.53. The van der Waals surface area contributed by atoms with E-state index in [4.69, 9.17) is 14.5 Å². The van der Waals surface area contributed by atoms with Gasteiger partial charge in [-0.15, -0.1) is 0 Å². The molecular weight excluding hydrogens is 390 g/mol. The van der Waals surface area contributed by atoms with Crippen LogP contribution in [-0.4, -0.2) is 60.8 Å². The lowest BCUT2D eigenvalue weighted by atomic mass is 9.96. The number of fused-ring (bicyclic) bond motifs is 1. The Balaban J connectivity index is 1.56. The quantitative estimate of drug-likeness (QED) is 0.742. The van der Waals surface area contributed by atoms with E-state index in [0.29, 0.717) is 31.4 Å². The average molecular weight is 418 g/mol. The fourth-order valence-corrected chi connectivity index (χ4v) is 4.99. The number of hydrogen-bond donors (Lipinski definition) is 0. The highest BCUT2D eigenvalue weighted by Crippen LogP contribution is 2.32. The Morgan fingerprint density at radius 2 is 2.17 bits per heavy atom. The molecule has 2 saturated heterocycles. The minimum atomic E-state index is -0.337. The largest absolute Gasteiger partial charge is 0.450 e. The van der Waals surface area contributed by atoms with Crippen molar-refractivity contribution in [1.29, 1.82) is 0 Å². The lowest BCUT2D eigenvalue weighted by Crippen LogP contribution is -2.48. The second kappa shape index (κ2) is 9.09. The molecule has 1 aromatic carbocycles. The molecule has 4 rings (SSSR count). The Hall–Kier alpha value is -2.19. The summed E-state index contributed by atoms with van der Waals surface area (Å²) in [6.07, 6.45) is 3.23. The smallest absolute Gasteiger partial charge is 0.409 e. The molecule has 2 atom stereocenters. The molecule has 7 nitrogen and oxygen atoms in total. The van der Waals surface area contributed by atoms with Gasteiger partial charge in [-0.25, -0.2) is 9.78 Å². The van der Waals surface area contributed by atoms with Crippen molar-refractivity contribution >= 4 is 38.7 Å². The van der Waals surface area contributed by atoms with Crippen molar-refractivity contribution in [3.63, 3.8) is 0 Å². The Labute approximate surface area is 174 Å². The van der Waals surface area contributed by atoms with E-state index in [1.807, 2.05) is 24.3 Å². The third kappa shape index (κ3) is 4.53. The van der Waals surface area contributed by atoms with Crippen LogP contribution < -0.4 is 4.90 Å². The number of rotatable bonds is 5. The lowest BCUT2D eigenvalue weighted by Gasteiger charge is -2.34. The lowest BCUT2D eigenvalue weighted by molar-refractivity contribution is -0.124. The predicted octanol–water partition coefficient (Wildman–Crippen LogP) is 3.68. The topological polar surface area (TPSA) is 72.0 Å². The number of thiazole rings is 1. The van der Waals surface area contributed by atoms with Crippen molar-refractivity contribution in [3.8, 4) is 0 Å². The van der Waals surface area contributed by atoms with E-state index in [1.54, 1.807) is 16.7 Å². The molecule has 2 fully saturated rings. The number of para-hydroxylation sites is 1. The van der Waals surface area contributed by atoms with Gasteiger partial charge in [-0.2, -0.15) is 0 Å². The minimum absolute atomic E-state index is 0.0218. The van der Waals surface area contributed by atoms with Gasteiger partial charge in [0.05, 0.1) is 35.4 Å². The van der Waals surface area contributed by atoms with Crippen LogP contribution in [0.25, 0.3) is 10.2 Å². The highest BCUT2D eigenvalue weighted by Gasteiger charge is 2.35. The molecule has 2 aliphatic rings. The maximum absolute atomic E-state index is 13.5. The summed E-state index contributed by atoms with van der Waals surface area (Å²) in [6.45, 7) is 4.41. The van der Waals surface area contributed by atoms with Gasteiger partial charge in [0.25, 0.3) is 0 Å². The number of piperidine rings is 1. The number of hydrogen-bond acceptors (Lipinski definition) is 6. The van der Waals surface area contributed by atoms with E-state index in [9.17, 15) is 9.59 Å². The molecule has 0 saturated carbocycles. The van der Waals surface area contributed by atoms with Gasteiger partial charge in [-0.3, -0.25) is 9.69 Å². The van der Waals surface area contributed by atoms with Crippen molar-refractivity contribution in [2.24, 2.45) is 5.92 Å². The van der Waals surface area contributed by atoms with E-state index in [0.717, 1.165) is 42.5 Å². The maximum atomic E-state index is 13.5. The molecule has 0 spiro atoms. The Morgan fingerprint density at radius 1 is 1.31 bits per heavy atom. The van der Waals surface area contributed by atoms with Gasteiger partial charge in [-0.05, 0) is 44.7 Å². The third-order valence-corrected chi connectivity index (χ3v) is 6.55. The molecule has 0 radical (unpaired) electrons. The van der Waals surface area contributed by atoms with E-state index in [1.165, 1.54) is 11.3 Å². The Kier molecular flexibility index (Phi) is 6.30. The van der Waals surface area contributed by atoms with E-state index in [2.05, 4.69) is 0 Å². The minimum Gasteiger partial charge on any atom is -0.450 e. The van der Waals surface area contributed by atoms with Gasteiger partial charge in [0.15, 0.2) is 5.13 Å². The molecule has 0 N–H and O–H groups in total. The number of amides is 2. The van der Waals surface area contributed by atoms with Crippen LogP contribution in [0.2, 0.25) is 0 Å². The first kappa shape index (κ1) is 20.1. The predicted molar refractivity (Wildman–Crippen MR) is 112 cm³/mol. The molecule has 0 aliphatic carbocycles. The molecule has 8 heteroatoms. The molecule has 156 valence electrons. The number of ether oxygens (including phenoxy) is 2. The fraction of sp³-hybridized carbons (Fsp3) is 0.571. The molecule has 1 aromatic heterocycles. The summed E-state index contributed by atoms with van der Waals surface area (Å²) in [4.78, 5) is 33.9. The zero-order chi connectivity index (χ0) is 20.2. The molecule has 2 aliphatic heterocycles. The third-order valence-electron chi connectivity index (χ3n) is 5.49. The molecule has 29 heavy (non-hydrogen) atoms. The number of carbonyl (C=O) groups excluding carboxylic acids is 2. The normalized spacial score (nSPS) is 22.0. The Morgan fingerprint density at radius 3 is 2.93 bits per heavy atom. The highest BCUT2D eigenvalue weighted by atomic mass is 32.1. The molecule has 3 heterocycles. The van der Waals surface area contributed by atoms with Crippen molar-refractivity contribution in [3.05, 3.63) is 24.3 Å². The van der Waals surface area contributed by atoms with Gasteiger partial charge in [0.1, 0.15) is 0 Å². The standard InChI is InChI=1S/C21H27N3O4S/c1-2-27-21(26)23-11-5-7-15(13-23)19(25)24(14-16-8-6-12-28-16)20-22-17-9-3-4-10-18(17)29-20/h3-4,9-10,15-16H,2,5-8,11-14H2,1H3/t15-,16+/m1/s1. The summed E-state index contributed by atoms with van der Waals surface area (Å²) >= 11 is 1.53. The van der Waals surface area contributed by atoms with Gasteiger partial charge in [0, 0.05) is 19.7 Å². The highest BCUT2D eigenvalue weighted by molar-refractivity contribution is 7.22. The van der Waals surface area contributed by atoms with Gasteiger partial charge in [0.2, 0.25) is 5.91 Å². The van der Waals surface area contributed by atoms with Gasteiger partial charge < -0.3 is 14.4 Å². The number of anilines is 1. The van der Waals surface area contributed by atoms with Crippen LogP contribution >= 0.6 is 11.3 Å². The summed E-state index contributed by atoms with van der Waals surface area (Å²) in [7, 11) is 0.